The number of hydrogen-bond acceptors (Lipinski definition) is 6. The molecule has 1 amide bonds. The molecule has 0 aliphatic carbocycles. The molecule has 1 aromatic rings. The number of nitro groups is 1. The van der Waals surface area contributed by atoms with E-state index in [0.717, 1.165) is 12.6 Å². The zero-order valence-electron chi connectivity index (χ0n) is 10.3. The van der Waals surface area contributed by atoms with Crippen LogP contribution in [0, 0.1) is 16.0 Å². The lowest BCUT2D eigenvalue weighted by atomic mass is 10.1. The van der Waals surface area contributed by atoms with Crippen LogP contribution in [0.15, 0.2) is 12.3 Å². The predicted octanol–water partition coefficient (Wildman–Crippen LogP) is -0.126. The number of nitrogens with zero attached hydrogens (tertiary/aromatic N) is 3. The first kappa shape index (κ1) is 13.2. The van der Waals surface area contributed by atoms with Crippen molar-refractivity contribution in [2.24, 2.45) is 17.4 Å². The topological polar surface area (TPSA) is 128 Å². The lowest BCUT2D eigenvalue weighted by Crippen LogP contribution is -2.26. The fourth-order valence-corrected chi connectivity index (χ4v) is 2.20. The Morgan fingerprint density at radius 1 is 1.63 bits per heavy atom. The Hall–Kier alpha value is -2.22. The van der Waals surface area contributed by atoms with Crippen molar-refractivity contribution >= 4 is 17.4 Å². The number of carbonyl (C=O) groups is 1. The molecule has 19 heavy (non-hydrogen) atoms. The molecule has 0 aromatic carbocycles. The highest BCUT2D eigenvalue weighted by Crippen LogP contribution is 2.27. The van der Waals surface area contributed by atoms with E-state index < -0.39 is 10.8 Å². The minimum absolute atomic E-state index is 0.0758. The normalized spacial score (nSPS) is 18.6. The molecule has 2 heterocycles. The van der Waals surface area contributed by atoms with Gasteiger partial charge in [-0.25, -0.2) is 4.98 Å². The summed E-state index contributed by atoms with van der Waals surface area (Å²) >= 11 is 0. The van der Waals surface area contributed by atoms with Crippen molar-refractivity contribution in [3.63, 3.8) is 0 Å². The quantitative estimate of drug-likeness (QED) is 0.576. The molecule has 0 saturated carbocycles. The van der Waals surface area contributed by atoms with Crippen LogP contribution in [0.2, 0.25) is 0 Å². The summed E-state index contributed by atoms with van der Waals surface area (Å²) in [6.45, 7) is 1.96. The fraction of sp³-hybridized carbons (Fsp3) is 0.455. The third kappa shape index (κ3) is 2.63. The summed E-state index contributed by atoms with van der Waals surface area (Å²) in [5.74, 6) is 0.0224. The average Bonchev–Trinajstić information content (AvgIpc) is 2.86. The first-order chi connectivity index (χ1) is 9.02. The summed E-state index contributed by atoms with van der Waals surface area (Å²) in [5.41, 5.74) is 10.7. The van der Waals surface area contributed by atoms with E-state index >= 15 is 0 Å². The van der Waals surface area contributed by atoms with Crippen LogP contribution in [0.5, 0.6) is 0 Å². The molecular weight excluding hydrogens is 250 g/mol. The van der Waals surface area contributed by atoms with E-state index in [1.807, 2.05) is 4.90 Å². The van der Waals surface area contributed by atoms with E-state index in [0.29, 0.717) is 31.4 Å². The molecule has 102 valence electrons. The largest absolute Gasteiger partial charge is 0.365 e. The van der Waals surface area contributed by atoms with Crippen LogP contribution in [0.3, 0.4) is 0 Å². The van der Waals surface area contributed by atoms with Crippen LogP contribution < -0.4 is 16.4 Å². The van der Waals surface area contributed by atoms with Crippen molar-refractivity contribution in [1.29, 1.82) is 0 Å². The number of anilines is 1. The van der Waals surface area contributed by atoms with Crippen LogP contribution in [0.1, 0.15) is 16.8 Å². The maximum Gasteiger partial charge on any atom is 0.288 e. The van der Waals surface area contributed by atoms with Gasteiger partial charge >= 0.3 is 0 Å². The first-order valence-corrected chi connectivity index (χ1v) is 5.92. The Morgan fingerprint density at radius 3 is 2.89 bits per heavy atom. The zero-order valence-corrected chi connectivity index (χ0v) is 10.3. The Bertz CT molecular complexity index is 519. The van der Waals surface area contributed by atoms with Gasteiger partial charge in [-0.1, -0.05) is 0 Å². The highest BCUT2D eigenvalue weighted by atomic mass is 16.6. The Morgan fingerprint density at radius 2 is 2.37 bits per heavy atom. The molecule has 1 saturated heterocycles. The highest BCUT2D eigenvalue weighted by molar-refractivity contribution is 5.98. The minimum atomic E-state index is -0.720. The van der Waals surface area contributed by atoms with Crippen LogP contribution in [0.25, 0.3) is 0 Å². The van der Waals surface area contributed by atoms with Crippen molar-refractivity contribution < 1.29 is 9.72 Å². The monoisotopic (exact) mass is 265 g/mol. The molecule has 2 rings (SSSR count). The number of hydrogen-bond donors (Lipinski definition) is 2. The van der Waals surface area contributed by atoms with Gasteiger partial charge in [-0.2, -0.15) is 0 Å². The predicted molar refractivity (Wildman–Crippen MR) is 68.8 cm³/mol. The van der Waals surface area contributed by atoms with E-state index in [-0.39, 0.29) is 11.3 Å². The van der Waals surface area contributed by atoms with E-state index in [2.05, 4.69) is 4.98 Å². The van der Waals surface area contributed by atoms with Crippen LogP contribution in [0.4, 0.5) is 11.5 Å². The van der Waals surface area contributed by atoms with E-state index in [1.165, 1.54) is 6.07 Å². The van der Waals surface area contributed by atoms with Gasteiger partial charge in [0.2, 0.25) is 0 Å². The number of rotatable bonds is 4. The number of nitrogens with two attached hydrogens (primary N) is 2. The third-order valence-corrected chi connectivity index (χ3v) is 3.25. The third-order valence-electron chi connectivity index (χ3n) is 3.25. The van der Waals surface area contributed by atoms with Crippen molar-refractivity contribution in [3.05, 3.63) is 27.9 Å². The molecule has 1 fully saturated rings. The molecule has 0 radical (unpaired) electrons. The summed E-state index contributed by atoms with van der Waals surface area (Å²) in [7, 11) is 0. The van der Waals surface area contributed by atoms with E-state index in [1.54, 1.807) is 0 Å². The second-order valence-electron chi connectivity index (χ2n) is 4.52. The Labute approximate surface area is 109 Å². The smallest absolute Gasteiger partial charge is 0.288 e. The SMILES string of the molecule is NCC1CCN(c2ncc([N+](=O)[O-])cc2C(N)=O)C1. The summed E-state index contributed by atoms with van der Waals surface area (Å²) in [6, 6.07) is 1.17. The van der Waals surface area contributed by atoms with E-state index in [9.17, 15) is 14.9 Å². The molecule has 1 aliphatic rings. The maximum absolute atomic E-state index is 11.4. The molecule has 0 bridgehead atoms. The number of pyridine rings is 1. The number of carbonyl (C=O) groups excluding carboxylic acids is 1. The van der Waals surface area contributed by atoms with Gasteiger partial charge in [-0.15, -0.1) is 0 Å². The second-order valence-corrected chi connectivity index (χ2v) is 4.52. The molecule has 8 heteroatoms. The summed E-state index contributed by atoms with van der Waals surface area (Å²) in [5, 5.41) is 10.7. The lowest BCUT2D eigenvalue weighted by Gasteiger charge is -2.19. The molecule has 8 nitrogen and oxygen atoms in total. The average molecular weight is 265 g/mol. The molecule has 1 aliphatic heterocycles. The van der Waals surface area contributed by atoms with Crippen LogP contribution >= 0.6 is 0 Å². The van der Waals surface area contributed by atoms with Gasteiger partial charge < -0.3 is 16.4 Å². The zero-order chi connectivity index (χ0) is 14.0. The molecule has 1 aromatic heterocycles. The summed E-state index contributed by atoms with van der Waals surface area (Å²) in [4.78, 5) is 27.4. The maximum atomic E-state index is 11.4. The standard InChI is InChI=1S/C11H15N5O3/c12-4-7-1-2-15(6-7)11-9(10(13)17)3-8(5-14-11)16(18)19/h3,5,7H,1-2,4,6,12H2,(H2,13,17). The van der Waals surface area contributed by atoms with Gasteiger partial charge in [0, 0.05) is 19.2 Å². The van der Waals surface area contributed by atoms with Gasteiger partial charge in [-0.05, 0) is 18.9 Å². The molecule has 4 N–H and O–H groups in total. The highest BCUT2D eigenvalue weighted by Gasteiger charge is 2.26. The number of primary amides is 1. The van der Waals surface area contributed by atoms with Crippen molar-refractivity contribution in [2.75, 3.05) is 24.5 Å². The molecule has 0 spiro atoms. The van der Waals surface area contributed by atoms with Crippen molar-refractivity contribution in [1.82, 2.24) is 4.98 Å². The van der Waals surface area contributed by atoms with Crippen molar-refractivity contribution in [2.45, 2.75) is 6.42 Å². The summed E-state index contributed by atoms with van der Waals surface area (Å²) in [6.07, 6.45) is 2.05. The van der Waals surface area contributed by atoms with Gasteiger partial charge in [0.25, 0.3) is 11.6 Å². The second kappa shape index (κ2) is 5.19. The molecular formula is C11H15N5O3. The van der Waals surface area contributed by atoms with Gasteiger partial charge in [0.1, 0.15) is 12.0 Å². The summed E-state index contributed by atoms with van der Waals surface area (Å²) < 4.78 is 0. The van der Waals surface area contributed by atoms with Crippen LogP contribution in [-0.4, -0.2) is 35.4 Å². The van der Waals surface area contributed by atoms with Crippen molar-refractivity contribution in [3.8, 4) is 0 Å². The number of aromatic nitrogens is 1. The fourth-order valence-electron chi connectivity index (χ4n) is 2.20. The van der Waals surface area contributed by atoms with E-state index in [4.69, 9.17) is 11.5 Å². The molecule has 1 unspecified atom stereocenters. The lowest BCUT2D eigenvalue weighted by molar-refractivity contribution is -0.385. The Balaban J connectivity index is 2.35. The Kier molecular flexibility index (Phi) is 3.61. The minimum Gasteiger partial charge on any atom is -0.365 e. The molecule has 1 atom stereocenters. The first-order valence-electron chi connectivity index (χ1n) is 5.92. The van der Waals surface area contributed by atoms with Gasteiger partial charge in [-0.3, -0.25) is 14.9 Å². The number of amides is 1. The van der Waals surface area contributed by atoms with Gasteiger partial charge in [0.05, 0.1) is 10.5 Å². The van der Waals surface area contributed by atoms with Gasteiger partial charge in [0.15, 0.2) is 0 Å². The van der Waals surface area contributed by atoms with Crippen LogP contribution in [-0.2, 0) is 0 Å².